The highest BCUT2D eigenvalue weighted by atomic mass is 14.9. The van der Waals surface area contributed by atoms with Crippen molar-refractivity contribution in [2.75, 3.05) is 6.54 Å². The summed E-state index contributed by atoms with van der Waals surface area (Å²) >= 11 is 0. The molecule has 1 aromatic rings. The van der Waals surface area contributed by atoms with Crippen molar-refractivity contribution in [2.45, 2.75) is 32.7 Å². The molecule has 1 unspecified atom stereocenters. The van der Waals surface area contributed by atoms with Gasteiger partial charge in [-0.2, -0.15) is 0 Å². The average Bonchev–Trinajstić information content (AvgIpc) is 2.30. The third kappa shape index (κ3) is 4.18. The van der Waals surface area contributed by atoms with Gasteiger partial charge in [-0.15, -0.1) is 11.8 Å². The molecule has 0 amide bonds. The maximum Gasteiger partial charge on any atom is 0.0318 e. The van der Waals surface area contributed by atoms with Crippen molar-refractivity contribution >= 4 is 0 Å². The van der Waals surface area contributed by atoms with Gasteiger partial charge in [-0.05, 0) is 18.9 Å². The van der Waals surface area contributed by atoms with Gasteiger partial charge in [0.25, 0.3) is 0 Å². The van der Waals surface area contributed by atoms with Crippen molar-refractivity contribution in [2.24, 2.45) is 0 Å². The summed E-state index contributed by atoms with van der Waals surface area (Å²) in [6.45, 7) is 5.05. The van der Waals surface area contributed by atoms with Crippen LogP contribution in [0.5, 0.6) is 0 Å². The summed E-state index contributed by atoms with van der Waals surface area (Å²) in [5.41, 5.74) is 1.37. The predicted octanol–water partition coefficient (Wildman–Crippen LogP) is 3.14. The Kier molecular flexibility index (Phi) is 5.58. The van der Waals surface area contributed by atoms with E-state index in [-0.39, 0.29) is 0 Å². The molecule has 80 valence electrons. The van der Waals surface area contributed by atoms with Crippen molar-refractivity contribution in [1.29, 1.82) is 0 Å². The molecule has 0 bridgehead atoms. The van der Waals surface area contributed by atoms with Gasteiger partial charge in [-0.1, -0.05) is 37.3 Å². The Morgan fingerprint density at radius 3 is 2.60 bits per heavy atom. The van der Waals surface area contributed by atoms with Gasteiger partial charge in [-0.25, -0.2) is 0 Å². The first kappa shape index (κ1) is 11.8. The highest BCUT2D eigenvalue weighted by Crippen LogP contribution is 2.15. The first-order valence-corrected chi connectivity index (χ1v) is 5.56. The van der Waals surface area contributed by atoms with Crippen molar-refractivity contribution in [3.63, 3.8) is 0 Å². The summed E-state index contributed by atoms with van der Waals surface area (Å²) in [7, 11) is 0. The predicted molar refractivity (Wildman–Crippen MR) is 65.5 cm³/mol. The van der Waals surface area contributed by atoms with Crippen molar-refractivity contribution < 1.29 is 0 Å². The zero-order chi connectivity index (χ0) is 10.9. The van der Waals surface area contributed by atoms with Gasteiger partial charge in [0, 0.05) is 19.0 Å². The second-order valence-corrected chi connectivity index (χ2v) is 3.50. The number of benzene rings is 1. The minimum absolute atomic E-state index is 0.463. The van der Waals surface area contributed by atoms with E-state index in [0.717, 1.165) is 19.4 Å². The molecule has 0 aliphatic carbocycles. The largest absolute Gasteiger partial charge is 0.309 e. The minimum Gasteiger partial charge on any atom is -0.309 e. The molecule has 1 atom stereocenters. The fraction of sp³-hybridized carbons (Fsp3) is 0.429. The van der Waals surface area contributed by atoms with Gasteiger partial charge >= 0.3 is 0 Å². The van der Waals surface area contributed by atoms with E-state index in [1.807, 2.05) is 6.92 Å². The lowest BCUT2D eigenvalue weighted by Gasteiger charge is -2.16. The molecule has 1 heteroatoms. The second-order valence-electron chi connectivity index (χ2n) is 3.50. The van der Waals surface area contributed by atoms with E-state index in [4.69, 9.17) is 0 Å². The van der Waals surface area contributed by atoms with Gasteiger partial charge < -0.3 is 5.32 Å². The van der Waals surface area contributed by atoms with E-state index < -0.39 is 0 Å². The highest BCUT2D eigenvalue weighted by molar-refractivity contribution is 5.18. The summed E-state index contributed by atoms with van der Waals surface area (Å²) < 4.78 is 0. The highest BCUT2D eigenvalue weighted by Gasteiger charge is 2.06. The molecule has 0 fully saturated rings. The lowest BCUT2D eigenvalue weighted by Crippen LogP contribution is -2.21. The molecule has 0 radical (unpaired) electrons. The van der Waals surface area contributed by atoms with Crippen LogP contribution >= 0.6 is 0 Å². The number of nitrogens with one attached hydrogen (secondary N) is 1. The van der Waals surface area contributed by atoms with Crippen LogP contribution in [-0.2, 0) is 0 Å². The molecular weight excluding hydrogens is 182 g/mol. The quantitative estimate of drug-likeness (QED) is 0.570. The zero-order valence-corrected chi connectivity index (χ0v) is 9.59. The molecular formula is C14H19N. The number of rotatable bonds is 5. The van der Waals surface area contributed by atoms with E-state index in [2.05, 4.69) is 54.4 Å². The Labute approximate surface area is 92.9 Å². The number of hydrogen-bond donors (Lipinski definition) is 1. The van der Waals surface area contributed by atoms with E-state index in [0.29, 0.717) is 6.04 Å². The first-order chi connectivity index (χ1) is 7.38. The van der Waals surface area contributed by atoms with Crippen LogP contribution in [0.4, 0.5) is 0 Å². The first-order valence-electron chi connectivity index (χ1n) is 5.56. The van der Waals surface area contributed by atoms with Crippen molar-refractivity contribution in [3.05, 3.63) is 35.9 Å². The van der Waals surface area contributed by atoms with Crippen LogP contribution in [0, 0.1) is 11.8 Å². The standard InChI is InChI=1S/C14H19N/c1-3-5-9-12-15-14(4-2)13-10-7-6-8-11-13/h6-8,10-11,14-15H,4,9,12H2,1-2H3. The molecule has 1 N–H and O–H groups in total. The summed E-state index contributed by atoms with van der Waals surface area (Å²) in [5, 5.41) is 3.52. The lowest BCUT2D eigenvalue weighted by molar-refractivity contribution is 0.527. The Morgan fingerprint density at radius 2 is 2.00 bits per heavy atom. The van der Waals surface area contributed by atoms with Crippen LogP contribution in [0.3, 0.4) is 0 Å². The van der Waals surface area contributed by atoms with E-state index in [1.165, 1.54) is 5.56 Å². The normalized spacial score (nSPS) is 11.6. The van der Waals surface area contributed by atoms with Gasteiger partial charge in [0.15, 0.2) is 0 Å². The molecule has 1 nitrogen and oxygen atoms in total. The maximum absolute atomic E-state index is 3.52. The second kappa shape index (κ2) is 7.09. The SMILES string of the molecule is CC#CCCNC(CC)c1ccccc1. The third-order valence-electron chi connectivity index (χ3n) is 2.43. The molecule has 0 aliphatic rings. The van der Waals surface area contributed by atoms with Gasteiger partial charge in [0.2, 0.25) is 0 Å². The maximum atomic E-state index is 3.52. The van der Waals surface area contributed by atoms with Gasteiger partial charge in [0.05, 0.1) is 0 Å². The van der Waals surface area contributed by atoms with E-state index in [9.17, 15) is 0 Å². The van der Waals surface area contributed by atoms with Crippen LogP contribution in [0.1, 0.15) is 38.3 Å². The summed E-state index contributed by atoms with van der Waals surface area (Å²) in [6, 6.07) is 11.0. The molecule has 0 aromatic heterocycles. The monoisotopic (exact) mass is 201 g/mol. The van der Waals surface area contributed by atoms with Crippen LogP contribution < -0.4 is 5.32 Å². The smallest absolute Gasteiger partial charge is 0.0318 e. The Morgan fingerprint density at radius 1 is 1.27 bits per heavy atom. The van der Waals surface area contributed by atoms with E-state index in [1.54, 1.807) is 0 Å². The van der Waals surface area contributed by atoms with Crippen LogP contribution in [0.2, 0.25) is 0 Å². The van der Waals surface area contributed by atoms with Crippen LogP contribution in [0.25, 0.3) is 0 Å². The lowest BCUT2D eigenvalue weighted by atomic mass is 10.0. The average molecular weight is 201 g/mol. The fourth-order valence-electron chi connectivity index (χ4n) is 1.62. The molecule has 0 saturated carbocycles. The molecule has 0 spiro atoms. The summed E-state index contributed by atoms with van der Waals surface area (Å²) in [4.78, 5) is 0. The zero-order valence-electron chi connectivity index (χ0n) is 9.59. The van der Waals surface area contributed by atoms with E-state index >= 15 is 0 Å². The Hall–Kier alpha value is -1.26. The topological polar surface area (TPSA) is 12.0 Å². The van der Waals surface area contributed by atoms with Gasteiger partial charge in [-0.3, -0.25) is 0 Å². The molecule has 1 rings (SSSR count). The van der Waals surface area contributed by atoms with Crippen molar-refractivity contribution in [1.82, 2.24) is 5.32 Å². The molecule has 15 heavy (non-hydrogen) atoms. The molecule has 0 aliphatic heterocycles. The number of hydrogen-bond acceptors (Lipinski definition) is 1. The van der Waals surface area contributed by atoms with Crippen molar-refractivity contribution in [3.8, 4) is 11.8 Å². The molecule has 0 heterocycles. The summed E-state index contributed by atoms with van der Waals surface area (Å²) in [6.07, 6.45) is 2.05. The minimum atomic E-state index is 0.463. The Balaban J connectivity index is 2.45. The van der Waals surface area contributed by atoms with Gasteiger partial charge in [0.1, 0.15) is 0 Å². The molecule has 1 aromatic carbocycles. The molecule has 0 saturated heterocycles. The summed E-state index contributed by atoms with van der Waals surface area (Å²) in [5.74, 6) is 5.98. The Bertz CT molecular complexity index is 318. The van der Waals surface area contributed by atoms with Crippen LogP contribution in [0.15, 0.2) is 30.3 Å². The van der Waals surface area contributed by atoms with Crippen LogP contribution in [-0.4, -0.2) is 6.54 Å². The fourth-order valence-corrected chi connectivity index (χ4v) is 1.62. The third-order valence-corrected chi connectivity index (χ3v) is 2.43.